The fourth-order valence-corrected chi connectivity index (χ4v) is 2.08. The lowest BCUT2D eigenvalue weighted by atomic mass is 9.97. The third kappa shape index (κ3) is 4.34. The molecule has 0 unspecified atom stereocenters. The molecule has 1 heterocycles. The van der Waals surface area contributed by atoms with Gasteiger partial charge in [-0.2, -0.15) is 0 Å². The Morgan fingerprint density at radius 3 is 2.35 bits per heavy atom. The van der Waals surface area contributed by atoms with Crippen molar-refractivity contribution in [2.75, 3.05) is 32.7 Å². The molecule has 1 aliphatic heterocycles. The number of carbonyl (C=O) groups excluding carboxylic acids is 2. The molecule has 0 aromatic rings. The van der Waals surface area contributed by atoms with Crippen LogP contribution in [-0.2, 0) is 9.59 Å². The minimum Gasteiger partial charge on any atom is -0.347 e. The molecule has 1 aliphatic rings. The number of hydrogen-bond acceptors (Lipinski definition) is 3. The number of carbonyl (C=O) groups is 2. The van der Waals surface area contributed by atoms with Gasteiger partial charge in [-0.05, 0) is 39.8 Å². The Balaban J connectivity index is 2.29. The number of hydrogen-bond donors (Lipinski definition) is 2. The van der Waals surface area contributed by atoms with Gasteiger partial charge in [-0.15, -0.1) is 0 Å². The van der Waals surface area contributed by atoms with E-state index in [1.165, 1.54) is 0 Å². The first-order chi connectivity index (χ1) is 8.19. The summed E-state index contributed by atoms with van der Waals surface area (Å²) < 4.78 is 0. The van der Waals surface area contributed by atoms with Gasteiger partial charge in [-0.1, -0.05) is 0 Å². The molecule has 2 N–H and O–H groups in total. The molecule has 17 heavy (non-hydrogen) atoms. The highest BCUT2D eigenvalue weighted by Crippen LogP contribution is 2.10. The topological polar surface area (TPSA) is 61.4 Å². The zero-order chi connectivity index (χ0) is 12.7. The number of piperidine rings is 1. The summed E-state index contributed by atoms with van der Waals surface area (Å²) >= 11 is 0. The fourth-order valence-electron chi connectivity index (χ4n) is 2.08. The number of likely N-dealkylation sites (N-methyl/N-ethyl adjacent to an activating group) is 1. The largest absolute Gasteiger partial charge is 0.347 e. The van der Waals surface area contributed by atoms with Crippen molar-refractivity contribution in [1.29, 1.82) is 0 Å². The molecular formula is C12H23N3O2. The zero-order valence-electron chi connectivity index (χ0n) is 10.8. The van der Waals surface area contributed by atoms with E-state index in [9.17, 15) is 9.59 Å². The van der Waals surface area contributed by atoms with Crippen molar-refractivity contribution >= 4 is 11.8 Å². The monoisotopic (exact) mass is 241 g/mol. The molecule has 0 saturated carbocycles. The summed E-state index contributed by atoms with van der Waals surface area (Å²) in [5.41, 5.74) is 0. The zero-order valence-corrected chi connectivity index (χ0v) is 10.8. The summed E-state index contributed by atoms with van der Waals surface area (Å²) in [6.07, 6.45) is 1.73. The maximum atomic E-state index is 11.8. The van der Waals surface area contributed by atoms with Gasteiger partial charge in [-0.25, -0.2) is 0 Å². The molecule has 0 bridgehead atoms. The average Bonchev–Trinajstić information content (AvgIpc) is 2.38. The van der Waals surface area contributed by atoms with Crippen molar-refractivity contribution in [1.82, 2.24) is 15.5 Å². The van der Waals surface area contributed by atoms with E-state index in [1.807, 2.05) is 13.8 Å². The van der Waals surface area contributed by atoms with Crippen LogP contribution in [-0.4, -0.2) is 49.4 Å². The summed E-state index contributed by atoms with van der Waals surface area (Å²) in [4.78, 5) is 25.2. The van der Waals surface area contributed by atoms with E-state index >= 15 is 0 Å². The molecule has 0 radical (unpaired) electrons. The van der Waals surface area contributed by atoms with Crippen LogP contribution in [0.15, 0.2) is 0 Å². The van der Waals surface area contributed by atoms with Crippen molar-refractivity contribution in [3.05, 3.63) is 0 Å². The second-order valence-corrected chi connectivity index (χ2v) is 4.31. The Hall–Kier alpha value is -1.10. The molecule has 0 aromatic heterocycles. The van der Waals surface area contributed by atoms with E-state index in [0.29, 0.717) is 13.1 Å². The van der Waals surface area contributed by atoms with Crippen LogP contribution in [0, 0.1) is 5.92 Å². The van der Waals surface area contributed by atoms with Crippen LogP contribution in [0.2, 0.25) is 0 Å². The Kier molecular flexibility index (Phi) is 5.97. The molecular weight excluding hydrogens is 218 g/mol. The van der Waals surface area contributed by atoms with Crippen LogP contribution < -0.4 is 10.6 Å². The van der Waals surface area contributed by atoms with E-state index in [1.54, 1.807) is 4.90 Å². The van der Waals surface area contributed by atoms with Gasteiger partial charge in [0.2, 0.25) is 11.8 Å². The lowest BCUT2D eigenvalue weighted by Crippen LogP contribution is -2.43. The van der Waals surface area contributed by atoms with Crippen LogP contribution in [0.5, 0.6) is 0 Å². The molecule has 5 nitrogen and oxygen atoms in total. The molecule has 5 heteroatoms. The van der Waals surface area contributed by atoms with E-state index in [2.05, 4.69) is 10.6 Å². The minimum absolute atomic E-state index is 0.00251. The normalized spacial score (nSPS) is 16.6. The molecule has 1 saturated heterocycles. The quantitative estimate of drug-likeness (QED) is 0.710. The summed E-state index contributed by atoms with van der Waals surface area (Å²) in [5.74, 6) is 0.0880. The lowest BCUT2D eigenvalue weighted by molar-refractivity contribution is -0.133. The van der Waals surface area contributed by atoms with Crippen molar-refractivity contribution < 1.29 is 9.59 Å². The molecule has 2 amide bonds. The summed E-state index contributed by atoms with van der Waals surface area (Å²) in [6.45, 7) is 7.18. The van der Waals surface area contributed by atoms with Crippen LogP contribution in [0.1, 0.15) is 26.7 Å². The lowest BCUT2D eigenvalue weighted by Gasteiger charge is -2.23. The second kappa shape index (κ2) is 7.27. The number of rotatable bonds is 5. The van der Waals surface area contributed by atoms with Crippen molar-refractivity contribution in [2.24, 2.45) is 5.92 Å². The summed E-state index contributed by atoms with van der Waals surface area (Å²) in [6, 6.07) is 0. The van der Waals surface area contributed by atoms with Gasteiger partial charge >= 0.3 is 0 Å². The van der Waals surface area contributed by atoms with Gasteiger partial charge in [0.1, 0.15) is 0 Å². The third-order valence-corrected chi connectivity index (χ3v) is 3.24. The highest BCUT2D eigenvalue weighted by Gasteiger charge is 2.21. The third-order valence-electron chi connectivity index (χ3n) is 3.24. The highest BCUT2D eigenvalue weighted by atomic mass is 16.2. The van der Waals surface area contributed by atoms with E-state index < -0.39 is 0 Å². The van der Waals surface area contributed by atoms with Crippen LogP contribution >= 0.6 is 0 Å². The first-order valence-corrected chi connectivity index (χ1v) is 6.45. The Morgan fingerprint density at radius 1 is 1.24 bits per heavy atom. The predicted octanol–water partition coefficient (Wildman–Crippen LogP) is -0.0294. The fraction of sp³-hybridized carbons (Fsp3) is 0.833. The average molecular weight is 241 g/mol. The van der Waals surface area contributed by atoms with Crippen molar-refractivity contribution in [2.45, 2.75) is 26.7 Å². The predicted molar refractivity (Wildman–Crippen MR) is 66.5 cm³/mol. The Morgan fingerprint density at radius 2 is 1.82 bits per heavy atom. The van der Waals surface area contributed by atoms with Gasteiger partial charge in [0.15, 0.2) is 0 Å². The second-order valence-electron chi connectivity index (χ2n) is 4.31. The number of nitrogens with zero attached hydrogens (tertiary/aromatic N) is 1. The molecule has 0 aromatic carbocycles. The van der Waals surface area contributed by atoms with Crippen LogP contribution in [0.4, 0.5) is 0 Å². The smallest absolute Gasteiger partial charge is 0.241 e. The van der Waals surface area contributed by atoms with Crippen molar-refractivity contribution in [3.8, 4) is 0 Å². The van der Waals surface area contributed by atoms with Crippen LogP contribution in [0.25, 0.3) is 0 Å². The Bertz CT molecular complexity index is 258. The highest BCUT2D eigenvalue weighted by molar-refractivity contribution is 5.85. The number of amides is 2. The maximum Gasteiger partial charge on any atom is 0.241 e. The summed E-state index contributed by atoms with van der Waals surface area (Å²) in [5, 5.41) is 5.96. The molecule has 0 atom stereocenters. The first kappa shape index (κ1) is 14.0. The van der Waals surface area contributed by atoms with E-state index in [0.717, 1.165) is 25.9 Å². The molecule has 0 aliphatic carbocycles. The molecule has 1 fully saturated rings. The van der Waals surface area contributed by atoms with Crippen molar-refractivity contribution in [3.63, 3.8) is 0 Å². The molecule has 1 rings (SSSR count). The van der Waals surface area contributed by atoms with Gasteiger partial charge in [-0.3, -0.25) is 9.59 Å². The molecule has 0 spiro atoms. The van der Waals surface area contributed by atoms with E-state index in [-0.39, 0.29) is 24.3 Å². The standard InChI is InChI=1S/C12H23N3O2/c1-3-15(4-2)11(16)9-14-12(17)10-5-7-13-8-6-10/h10,13H,3-9H2,1-2H3,(H,14,17). The van der Waals surface area contributed by atoms with Crippen LogP contribution in [0.3, 0.4) is 0 Å². The SMILES string of the molecule is CCN(CC)C(=O)CNC(=O)C1CCNCC1. The minimum atomic E-state index is -0.00251. The van der Waals surface area contributed by atoms with Gasteiger partial charge in [0.05, 0.1) is 6.54 Å². The maximum absolute atomic E-state index is 11.8. The van der Waals surface area contributed by atoms with E-state index in [4.69, 9.17) is 0 Å². The summed E-state index contributed by atoms with van der Waals surface area (Å²) in [7, 11) is 0. The molecule has 98 valence electrons. The van der Waals surface area contributed by atoms with Gasteiger partial charge in [0.25, 0.3) is 0 Å². The first-order valence-electron chi connectivity index (χ1n) is 6.45. The Labute approximate surface area is 103 Å². The number of nitrogens with one attached hydrogen (secondary N) is 2. The van der Waals surface area contributed by atoms with Gasteiger partial charge < -0.3 is 15.5 Å². The van der Waals surface area contributed by atoms with Gasteiger partial charge in [0, 0.05) is 19.0 Å².